The number of ether oxygens (including phenoxy) is 1. The van der Waals surface area contributed by atoms with Crippen LogP contribution in [0.3, 0.4) is 0 Å². The summed E-state index contributed by atoms with van der Waals surface area (Å²) in [4.78, 5) is 26.8. The largest absolute Gasteiger partial charge is 0.481 e. The molecular weight excluding hydrogens is 296 g/mol. The average Bonchev–Trinajstić information content (AvgIpc) is 3.03. The van der Waals surface area contributed by atoms with Gasteiger partial charge in [-0.25, -0.2) is 0 Å². The molecule has 122 valence electrons. The minimum atomic E-state index is -0.864. The van der Waals surface area contributed by atoms with Gasteiger partial charge in [0.25, 0.3) is 5.91 Å². The number of hydrogen-bond acceptors (Lipinski definition) is 3. The van der Waals surface area contributed by atoms with E-state index in [0.717, 1.165) is 23.7 Å². The number of aliphatic carboxylic acids is 1. The molecule has 0 aliphatic carbocycles. The number of carboxylic acids is 1. The highest BCUT2D eigenvalue weighted by atomic mass is 16.5. The molecule has 1 fully saturated rings. The number of amides is 1. The van der Waals surface area contributed by atoms with E-state index in [-0.39, 0.29) is 18.4 Å². The van der Waals surface area contributed by atoms with Gasteiger partial charge in [0.05, 0.1) is 5.92 Å². The van der Waals surface area contributed by atoms with Crippen molar-refractivity contribution in [1.29, 1.82) is 0 Å². The zero-order valence-corrected chi connectivity index (χ0v) is 12.7. The molecule has 1 aliphatic heterocycles. The molecule has 23 heavy (non-hydrogen) atoms. The van der Waals surface area contributed by atoms with Crippen LogP contribution >= 0.6 is 0 Å². The number of benzene rings is 1. The van der Waals surface area contributed by atoms with E-state index in [0.29, 0.717) is 18.8 Å². The molecule has 6 nitrogen and oxygen atoms in total. The number of aromatic amines is 1. The van der Waals surface area contributed by atoms with Crippen LogP contribution < -0.4 is 5.32 Å². The monoisotopic (exact) mass is 316 g/mol. The van der Waals surface area contributed by atoms with Gasteiger partial charge < -0.3 is 20.1 Å². The summed E-state index contributed by atoms with van der Waals surface area (Å²) in [5, 5.41) is 13.2. The Balaban J connectivity index is 1.64. The number of fused-ring (bicyclic) bond motifs is 1. The lowest BCUT2D eigenvalue weighted by Crippen LogP contribution is -2.39. The number of H-pyrrole nitrogens is 1. The molecule has 1 aliphatic rings. The minimum Gasteiger partial charge on any atom is -0.481 e. The quantitative estimate of drug-likeness (QED) is 0.787. The summed E-state index contributed by atoms with van der Waals surface area (Å²) in [7, 11) is 0. The predicted molar refractivity (Wildman–Crippen MR) is 85.3 cm³/mol. The lowest BCUT2D eigenvalue weighted by atomic mass is 9.86. The molecule has 0 radical (unpaired) electrons. The Morgan fingerprint density at radius 2 is 2.09 bits per heavy atom. The van der Waals surface area contributed by atoms with E-state index in [4.69, 9.17) is 4.74 Å². The van der Waals surface area contributed by atoms with E-state index in [1.165, 1.54) is 0 Å². The van der Waals surface area contributed by atoms with E-state index in [1.54, 1.807) is 12.1 Å². The highest BCUT2D eigenvalue weighted by molar-refractivity contribution is 5.98. The van der Waals surface area contributed by atoms with Crippen LogP contribution in [-0.4, -0.2) is 41.7 Å². The van der Waals surface area contributed by atoms with Gasteiger partial charge in [0.1, 0.15) is 0 Å². The van der Waals surface area contributed by atoms with Crippen molar-refractivity contribution in [3.05, 3.63) is 36.0 Å². The van der Waals surface area contributed by atoms with E-state index in [1.807, 2.05) is 18.3 Å². The van der Waals surface area contributed by atoms with Gasteiger partial charge in [-0.2, -0.15) is 0 Å². The number of carboxylic acid groups (broad SMARTS) is 1. The number of rotatable bonds is 5. The normalized spacial score (nSPS) is 17.0. The maximum Gasteiger partial charge on any atom is 0.308 e. The molecule has 3 rings (SSSR count). The average molecular weight is 316 g/mol. The number of hydrogen-bond donors (Lipinski definition) is 3. The number of nitrogens with one attached hydrogen (secondary N) is 2. The standard InChI is InChI=1S/C17H20N2O4/c20-16(13-2-1-12-3-6-18-15(12)9-13)19-10-14(17(21)22)11-4-7-23-8-5-11/h1-3,6,9,11,14,18H,4-5,7-8,10H2,(H,19,20)(H,21,22). The zero-order valence-electron chi connectivity index (χ0n) is 12.7. The van der Waals surface area contributed by atoms with Crippen molar-refractivity contribution >= 4 is 22.8 Å². The lowest BCUT2D eigenvalue weighted by Gasteiger charge is -2.27. The van der Waals surface area contributed by atoms with Gasteiger partial charge in [-0.3, -0.25) is 9.59 Å². The van der Waals surface area contributed by atoms with Crippen LogP contribution in [0.4, 0.5) is 0 Å². The molecule has 1 aromatic carbocycles. The summed E-state index contributed by atoms with van der Waals surface area (Å²) < 4.78 is 5.27. The lowest BCUT2D eigenvalue weighted by molar-refractivity contribution is -0.144. The summed E-state index contributed by atoms with van der Waals surface area (Å²) in [6, 6.07) is 7.32. The summed E-state index contributed by atoms with van der Waals surface area (Å²) in [5.41, 5.74) is 1.41. The molecular formula is C17H20N2O4. The molecule has 1 atom stereocenters. The molecule has 3 N–H and O–H groups in total. The van der Waals surface area contributed by atoms with Crippen LogP contribution in [0.1, 0.15) is 23.2 Å². The molecule has 2 aromatic rings. The van der Waals surface area contributed by atoms with Gasteiger partial charge in [-0.15, -0.1) is 0 Å². The topological polar surface area (TPSA) is 91.4 Å². The van der Waals surface area contributed by atoms with Gasteiger partial charge in [-0.1, -0.05) is 6.07 Å². The fourth-order valence-corrected chi connectivity index (χ4v) is 3.07. The Morgan fingerprint density at radius 1 is 1.30 bits per heavy atom. The van der Waals surface area contributed by atoms with Crippen LogP contribution in [0.2, 0.25) is 0 Å². The van der Waals surface area contributed by atoms with Crippen LogP contribution in [-0.2, 0) is 9.53 Å². The molecule has 1 amide bonds. The van der Waals surface area contributed by atoms with Gasteiger partial charge in [-0.05, 0) is 42.3 Å². The molecule has 2 heterocycles. The van der Waals surface area contributed by atoms with E-state index >= 15 is 0 Å². The Labute approximate surface area is 133 Å². The van der Waals surface area contributed by atoms with E-state index in [9.17, 15) is 14.7 Å². The zero-order chi connectivity index (χ0) is 16.2. The third-order valence-corrected chi connectivity index (χ3v) is 4.45. The second-order valence-electron chi connectivity index (χ2n) is 5.88. The molecule has 6 heteroatoms. The van der Waals surface area contributed by atoms with Crippen LogP contribution in [0.5, 0.6) is 0 Å². The number of carbonyl (C=O) groups is 2. The second kappa shape index (κ2) is 6.83. The fourth-order valence-electron chi connectivity index (χ4n) is 3.07. The Bertz CT molecular complexity index is 703. The Morgan fingerprint density at radius 3 is 2.83 bits per heavy atom. The molecule has 1 saturated heterocycles. The van der Waals surface area contributed by atoms with E-state index in [2.05, 4.69) is 10.3 Å². The van der Waals surface area contributed by atoms with Crippen molar-refractivity contribution in [2.75, 3.05) is 19.8 Å². The molecule has 1 unspecified atom stereocenters. The summed E-state index contributed by atoms with van der Waals surface area (Å²) >= 11 is 0. The SMILES string of the molecule is O=C(NCC(C(=O)O)C1CCOCC1)c1ccc2cc[nH]c2c1. The predicted octanol–water partition coefficient (Wildman–Crippen LogP) is 2.03. The molecule has 0 saturated carbocycles. The molecule has 0 spiro atoms. The van der Waals surface area contributed by atoms with E-state index < -0.39 is 11.9 Å². The minimum absolute atomic E-state index is 0.0486. The van der Waals surface area contributed by atoms with Crippen molar-refractivity contribution in [2.24, 2.45) is 11.8 Å². The summed E-state index contributed by atoms with van der Waals surface area (Å²) in [6.45, 7) is 1.32. The Kier molecular flexibility index (Phi) is 4.62. The molecule has 0 bridgehead atoms. The van der Waals surface area contributed by atoms with Gasteiger partial charge in [0.2, 0.25) is 0 Å². The fraction of sp³-hybridized carbons (Fsp3) is 0.412. The van der Waals surface area contributed by atoms with Crippen molar-refractivity contribution in [3.63, 3.8) is 0 Å². The highest BCUT2D eigenvalue weighted by Gasteiger charge is 2.30. The van der Waals surface area contributed by atoms with Gasteiger partial charge in [0.15, 0.2) is 0 Å². The first-order valence-electron chi connectivity index (χ1n) is 7.81. The van der Waals surface area contributed by atoms with Crippen LogP contribution in [0.15, 0.2) is 30.5 Å². The first-order chi connectivity index (χ1) is 11.1. The van der Waals surface area contributed by atoms with Crippen molar-refractivity contribution < 1.29 is 19.4 Å². The summed E-state index contributed by atoms with van der Waals surface area (Å²) in [5.74, 6) is -1.64. The van der Waals surface area contributed by atoms with Crippen LogP contribution in [0.25, 0.3) is 10.9 Å². The smallest absolute Gasteiger partial charge is 0.308 e. The number of aromatic nitrogens is 1. The Hall–Kier alpha value is -2.34. The second-order valence-corrected chi connectivity index (χ2v) is 5.88. The maximum absolute atomic E-state index is 12.3. The van der Waals surface area contributed by atoms with Crippen molar-refractivity contribution in [3.8, 4) is 0 Å². The third kappa shape index (κ3) is 3.53. The number of carbonyl (C=O) groups excluding carboxylic acids is 1. The first kappa shape index (κ1) is 15.6. The van der Waals surface area contributed by atoms with Crippen molar-refractivity contribution in [2.45, 2.75) is 12.8 Å². The highest BCUT2D eigenvalue weighted by Crippen LogP contribution is 2.24. The van der Waals surface area contributed by atoms with Crippen molar-refractivity contribution in [1.82, 2.24) is 10.3 Å². The van der Waals surface area contributed by atoms with Gasteiger partial charge in [0, 0.05) is 37.0 Å². The third-order valence-electron chi connectivity index (χ3n) is 4.45. The first-order valence-corrected chi connectivity index (χ1v) is 7.81. The summed E-state index contributed by atoms with van der Waals surface area (Å²) in [6.07, 6.45) is 3.26. The maximum atomic E-state index is 12.3. The molecule has 1 aromatic heterocycles. The van der Waals surface area contributed by atoms with Crippen LogP contribution in [0, 0.1) is 11.8 Å². The van der Waals surface area contributed by atoms with Gasteiger partial charge >= 0.3 is 5.97 Å².